The molecule has 1 aliphatic carbocycles. The lowest BCUT2D eigenvalue weighted by atomic mass is 9.90. The summed E-state index contributed by atoms with van der Waals surface area (Å²) in [6.45, 7) is 3.04. The average Bonchev–Trinajstić information content (AvgIpc) is 2.42. The van der Waals surface area contributed by atoms with Crippen molar-refractivity contribution in [1.82, 2.24) is 5.32 Å². The van der Waals surface area contributed by atoms with Gasteiger partial charge in [-0.3, -0.25) is 4.79 Å². The Balaban J connectivity index is 2.27. The second-order valence-corrected chi connectivity index (χ2v) is 4.23. The smallest absolute Gasteiger partial charge is 0.323 e. The quantitative estimate of drug-likeness (QED) is 0.583. The summed E-state index contributed by atoms with van der Waals surface area (Å²) in [6.07, 6.45) is 2.68. The molecule has 2 aliphatic rings. The van der Waals surface area contributed by atoms with Crippen molar-refractivity contribution in [3.63, 3.8) is 0 Å². The molecule has 0 radical (unpaired) electrons. The SMILES string of the molecule is CC12CCC(C(=O)O)(C1)NC2. The van der Waals surface area contributed by atoms with Gasteiger partial charge < -0.3 is 10.4 Å². The van der Waals surface area contributed by atoms with Crippen LogP contribution in [0.2, 0.25) is 0 Å². The van der Waals surface area contributed by atoms with E-state index in [1.54, 1.807) is 0 Å². The minimum Gasteiger partial charge on any atom is -0.480 e. The van der Waals surface area contributed by atoms with Crippen LogP contribution in [0.15, 0.2) is 0 Å². The molecule has 2 N–H and O–H groups in total. The van der Waals surface area contributed by atoms with Crippen LogP contribution in [-0.4, -0.2) is 23.2 Å². The van der Waals surface area contributed by atoms with Crippen LogP contribution in [0, 0.1) is 5.41 Å². The third-order valence-electron chi connectivity index (χ3n) is 3.15. The Kier molecular flexibility index (Phi) is 1.15. The van der Waals surface area contributed by atoms with Crippen molar-refractivity contribution in [3.8, 4) is 0 Å². The van der Waals surface area contributed by atoms with Crippen LogP contribution in [0.25, 0.3) is 0 Å². The second-order valence-electron chi connectivity index (χ2n) is 4.23. The highest BCUT2D eigenvalue weighted by Gasteiger charge is 2.55. The minimum absolute atomic E-state index is 0.262. The molecule has 62 valence electrons. The van der Waals surface area contributed by atoms with Crippen LogP contribution in [0.5, 0.6) is 0 Å². The van der Waals surface area contributed by atoms with E-state index in [1.807, 2.05) is 0 Å². The summed E-state index contributed by atoms with van der Waals surface area (Å²) >= 11 is 0. The van der Waals surface area contributed by atoms with Gasteiger partial charge in [0.15, 0.2) is 0 Å². The lowest BCUT2D eigenvalue weighted by molar-refractivity contribution is -0.144. The van der Waals surface area contributed by atoms with Gasteiger partial charge in [0.1, 0.15) is 5.54 Å². The molecule has 1 saturated heterocycles. The molecule has 1 heterocycles. The monoisotopic (exact) mass is 155 g/mol. The molecule has 0 spiro atoms. The van der Waals surface area contributed by atoms with E-state index in [9.17, 15) is 4.79 Å². The first-order valence-electron chi connectivity index (χ1n) is 4.05. The van der Waals surface area contributed by atoms with Gasteiger partial charge in [0.25, 0.3) is 0 Å². The number of aliphatic carboxylic acids is 1. The highest BCUT2D eigenvalue weighted by Crippen LogP contribution is 2.48. The van der Waals surface area contributed by atoms with Gasteiger partial charge in [0.2, 0.25) is 0 Å². The molecule has 2 bridgehead atoms. The number of rotatable bonds is 1. The van der Waals surface area contributed by atoms with E-state index in [1.165, 1.54) is 0 Å². The third kappa shape index (κ3) is 0.805. The van der Waals surface area contributed by atoms with Gasteiger partial charge >= 0.3 is 5.97 Å². The van der Waals surface area contributed by atoms with Gasteiger partial charge in [0.05, 0.1) is 0 Å². The van der Waals surface area contributed by atoms with Crippen molar-refractivity contribution >= 4 is 5.97 Å². The fourth-order valence-electron chi connectivity index (χ4n) is 2.36. The van der Waals surface area contributed by atoms with Crippen molar-refractivity contribution < 1.29 is 9.90 Å². The zero-order valence-electron chi connectivity index (χ0n) is 6.68. The number of fused-ring (bicyclic) bond motifs is 2. The summed E-state index contributed by atoms with van der Waals surface area (Å²) in [5.74, 6) is -0.668. The fourth-order valence-corrected chi connectivity index (χ4v) is 2.36. The lowest BCUT2D eigenvalue weighted by Gasteiger charge is -2.23. The standard InChI is InChI=1S/C8H13NO2/c1-7-2-3-8(4-7,6(10)11)9-5-7/h9H,2-5H2,1H3,(H,10,11). The van der Waals surface area contributed by atoms with E-state index in [0.717, 1.165) is 25.8 Å². The average molecular weight is 155 g/mol. The number of hydrogen-bond acceptors (Lipinski definition) is 2. The maximum absolute atomic E-state index is 10.9. The molecule has 0 aromatic carbocycles. The van der Waals surface area contributed by atoms with Crippen LogP contribution < -0.4 is 5.32 Å². The first kappa shape index (κ1) is 7.10. The predicted octanol–water partition coefficient (Wildman–Crippen LogP) is 0.603. The molecule has 2 rings (SSSR count). The Morgan fingerprint density at radius 1 is 1.55 bits per heavy atom. The maximum Gasteiger partial charge on any atom is 0.323 e. The van der Waals surface area contributed by atoms with E-state index in [-0.39, 0.29) is 5.41 Å². The van der Waals surface area contributed by atoms with Crippen molar-refractivity contribution in [2.45, 2.75) is 31.7 Å². The molecule has 0 aromatic heterocycles. The van der Waals surface area contributed by atoms with E-state index >= 15 is 0 Å². The van der Waals surface area contributed by atoms with E-state index in [2.05, 4.69) is 12.2 Å². The number of carbonyl (C=O) groups is 1. The van der Waals surface area contributed by atoms with Gasteiger partial charge in [-0.05, 0) is 24.7 Å². The zero-order valence-corrected chi connectivity index (χ0v) is 6.68. The molecule has 0 amide bonds. The number of carboxylic acid groups (broad SMARTS) is 1. The van der Waals surface area contributed by atoms with Gasteiger partial charge in [-0.2, -0.15) is 0 Å². The number of nitrogens with one attached hydrogen (secondary N) is 1. The van der Waals surface area contributed by atoms with Crippen molar-refractivity contribution in [2.75, 3.05) is 6.54 Å². The van der Waals surface area contributed by atoms with Gasteiger partial charge in [-0.1, -0.05) is 6.92 Å². The molecule has 2 fully saturated rings. The third-order valence-corrected chi connectivity index (χ3v) is 3.15. The molecule has 2 atom stereocenters. The van der Waals surface area contributed by atoms with Crippen LogP contribution in [-0.2, 0) is 4.79 Å². The van der Waals surface area contributed by atoms with Gasteiger partial charge in [-0.25, -0.2) is 0 Å². The van der Waals surface area contributed by atoms with Crippen LogP contribution in [0.3, 0.4) is 0 Å². The Morgan fingerprint density at radius 2 is 2.27 bits per heavy atom. The predicted molar refractivity (Wildman–Crippen MR) is 40.3 cm³/mol. The van der Waals surface area contributed by atoms with Crippen LogP contribution >= 0.6 is 0 Å². The molecule has 2 unspecified atom stereocenters. The maximum atomic E-state index is 10.9. The van der Waals surface area contributed by atoms with Crippen LogP contribution in [0.1, 0.15) is 26.2 Å². The van der Waals surface area contributed by atoms with Crippen molar-refractivity contribution in [2.24, 2.45) is 5.41 Å². The van der Waals surface area contributed by atoms with Gasteiger partial charge in [0, 0.05) is 6.54 Å². The topological polar surface area (TPSA) is 49.3 Å². The summed E-state index contributed by atoms with van der Waals surface area (Å²) in [7, 11) is 0. The number of hydrogen-bond donors (Lipinski definition) is 2. The molecular formula is C8H13NO2. The van der Waals surface area contributed by atoms with E-state index < -0.39 is 11.5 Å². The van der Waals surface area contributed by atoms with Crippen molar-refractivity contribution in [1.29, 1.82) is 0 Å². The highest BCUT2D eigenvalue weighted by atomic mass is 16.4. The van der Waals surface area contributed by atoms with Crippen LogP contribution in [0.4, 0.5) is 0 Å². The molecule has 11 heavy (non-hydrogen) atoms. The summed E-state index contributed by atoms with van der Waals surface area (Å²) in [6, 6.07) is 0. The largest absolute Gasteiger partial charge is 0.480 e. The first-order chi connectivity index (χ1) is 5.06. The molecule has 3 nitrogen and oxygen atoms in total. The van der Waals surface area contributed by atoms with E-state index in [4.69, 9.17) is 5.11 Å². The Morgan fingerprint density at radius 3 is 2.45 bits per heavy atom. The highest BCUT2D eigenvalue weighted by molar-refractivity contribution is 5.80. The molecule has 3 heteroatoms. The Labute approximate surface area is 65.8 Å². The summed E-state index contributed by atoms with van der Waals surface area (Å²) in [5, 5.41) is 12.1. The summed E-state index contributed by atoms with van der Waals surface area (Å²) in [4.78, 5) is 10.9. The number of piperidine rings is 1. The lowest BCUT2D eigenvalue weighted by Crippen LogP contribution is -2.47. The van der Waals surface area contributed by atoms with E-state index in [0.29, 0.717) is 0 Å². The summed E-state index contributed by atoms with van der Waals surface area (Å²) in [5.41, 5.74) is -0.298. The Bertz CT molecular complexity index is 204. The molecule has 1 saturated carbocycles. The normalized spacial score (nSPS) is 48.1. The fraction of sp³-hybridized carbons (Fsp3) is 0.875. The minimum atomic E-state index is -0.668. The number of carboxylic acids is 1. The molecular weight excluding hydrogens is 142 g/mol. The molecule has 0 aromatic rings. The second kappa shape index (κ2) is 1.78. The molecule has 1 aliphatic heterocycles. The first-order valence-corrected chi connectivity index (χ1v) is 4.05. The Hall–Kier alpha value is -0.570. The van der Waals surface area contributed by atoms with Crippen molar-refractivity contribution in [3.05, 3.63) is 0 Å². The summed E-state index contributed by atoms with van der Waals surface area (Å²) < 4.78 is 0. The van der Waals surface area contributed by atoms with Gasteiger partial charge in [-0.15, -0.1) is 0 Å². The zero-order chi connectivity index (χ0) is 8.11.